The molecule has 1 atom stereocenters. The van der Waals surface area contributed by atoms with Gasteiger partial charge in [0.2, 0.25) is 0 Å². The molecule has 0 saturated carbocycles. The Hall–Kier alpha value is -2.36. The lowest BCUT2D eigenvalue weighted by molar-refractivity contribution is -0.605. The number of nitrogens with one attached hydrogen (secondary N) is 1. The number of aromatic nitrogens is 1. The highest BCUT2D eigenvalue weighted by molar-refractivity contribution is 5.94. The van der Waals surface area contributed by atoms with Crippen LogP contribution in [-0.2, 0) is 6.42 Å². The number of rotatable bonds is 2. The van der Waals surface area contributed by atoms with Crippen LogP contribution in [0.3, 0.4) is 0 Å². The molecule has 1 aliphatic carbocycles. The van der Waals surface area contributed by atoms with Crippen molar-refractivity contribution < 1.29 is 9.52 Å². The first-order valence-electron chi connectivity index (χ1n) is 6.81. The van der Waals surface area contributed by atoms with Gasteiger partial charge in [-0.1, -0.05) is 24.3 Å². The summed E-state index contributed by atoms with van der Waals surface area (Å²) in [5, 5.41) is 14.0. The Morgan fingerprint density at radius 1 is 1.20 bits per heavy atom. The average molecular weight is 268 g/mol. The lowest BCUT2D eigenvalue weighted by atomic mass is 9.87. The molecule has 1 aromatic heterocycles. The number of nitrogens with zero attached hydrogens (tertiary/aromatic N) is 1. The smallest absolute Gasteiger partial charge is 0.252 e. The molecule has 3 rings (SSSR count). The van der Waals surface area contributed by atoms with E-state index in [2.05, 4.69) is 17.4 Å². The molecule has 1 aromatic carbocycles. The minimum Gasteiger partial charge on any atom is -0.619 e. The number of fused-ring (bicyclic) bond motifs is 1. The van der Waals surface area contributed by atoms with Crippen molar-refractivity contribution in [3.63, 3.8) is 0 Å². The van der Waals surface area contributed by atoms with Crippen molar-refractivity contribution in [3.8, 4) is 0 Å². The van der Waals surface area contributed by atoms with Crippen LogP contribution >= 0.6 is 0 Å². The highest BCUT2D eigenvalue weighted by Gasteiger charge is 2.21. The number of pyridine rings is 1. The second-order valence-corrected chi connectivity index (χ2v) is 5.06. The van der Waals surface area contributed by atoms with Crippen molar-refractivity contribution in [1.29, 1.82) is 0 Å². The maximum atomic E-state index is 12.2. The first kappa shape index (κ1) is 12.7. The molecule has 20 heavy (non-hydrogen) atoms. The fourth-order valence-electron chi connectivity index (χ4n) is 2.71. The summed E-state index contributed by atoms with van der Waals surface area (Å²) in [7, 11) is 0. The van der Waals surface area contributed by atoms with Crippen LogP contribution in [0.4, 0.5) is 0 Å². The Bertz CT molecular complexity index is 623. The van der Waals surface area contributed by atoms with Crippen LogP contribution in [0.5, 0.6) is 0 Å². The van der Waals surface area contributed by atoms with Crippen LogP contribution in [0.2, 0.25) is 0 Å². The van der Waals surface area contributed by atoms with Crippen LogP contribution in [-0.4, -0.2) is 5.91 Å². The van der Waals surface area contributed by atoms with Gasteiger partial charge in [-0.15, -0.1) is 0 Å². The van der Waals surface area contributed by atoms with Crippen LogP contribution in [0.1, 0.15) is 40.4 Å². The lowest BCUT2D eigenvalue weighted by Crippen LogP contribution is -2.32. The Kier molecular flexibility index (Phi) is 3.37. The fourth-order valence-corrected chi connectivity index (χ4v) is 2.71. The molecular formula is C16H16N2O2. The first-order chi connectivity index (χ1) is 9.74. The van der Waals surface area contributed by atoms with E-state index in [0.29, 0.717) is 10.3 Å². The average Bonchev–Trinajstić information content (AvgIpc) is 2.48. The Morgan fingerprint density at radius 3 is 2.75 bits per heavy atom. The second-order valence-electron chi connectivity index (χ2n) is 5.06. The number of hydrogen-bond donors (Lipinski definition) is 1. The molecule has 102 valence electrons. The highest BCUT2D eigenvalue weighted by Crippen LogP contribution is 2.29. The zero-order chi connectivity index (χ0) is 13.9. The molecule has 0 spiro atoms. The molecule has 0 fully saturated rings. The van der Waals surface area contributed by atoms with Gasteiger partial charge in [0.1, 0.15) is 0 Å². The van der Waals surface area contributed by atoms with E-state index in [4.69, 9.17) is 0 Å². The van der Waals surface area contributed by atoms with Crippen LogP contribution in [0, 0.1) is 5.21 Å². The molecule has 0 saturated heterocycles. The van der Waals surface area contributed by atoms with Crippen molar-refractivity contribution in [3.05, 3.63) is 70.7 Å². The SMILES string of the molecule is O=C(NC1CCCc2ccccc21)c1cc[n+]([O-])cc1. The zero-order valence-corrected chi connectivity index (χ0v) is 11.1. The maximum Gasteiger partial charge on any atom is 0.252 e. The summed E-state index contributed by atoms with van der Waals surface area (Å²) in [6.07, 6.45) is 5.78. The number of aryl methyl sites for hydroxylation is 1. The normalized spacial score (nSPS) is 17.3. The summed E-state index contributed by atoms with van der Waals surface area (Å²) in [4.78, 5) is 12.2. The summed E-state index contributed by atoms with van der Waals surface area (Å²) in [6, 6.07) is 11.4. The van der Waals surface area contributed by atoms with Crippen molar-refractivity contribution in [2.45, 2.75) is 25.3 Å². The van der Waals surface area contributed by atoms with E-state index in [1.165, 1.54) is 35.7 Å². The van der Waals surface area contributed by atoms with Gasteiger partial charge in [-0.25, -0.2) is 0 Å². The van der Waals surface area contributed by atoms with Crippen LogP contribution in [0.25, 0.3) is 0 Å². The number of carbonyl (C=O) groups excluding carboxylic acids is 1. The molecule has 0 radical (unpaired) electrons. The third kappa shape index (κ3) is 2.50. The lowest BCUT2D eigenvalue weighted by Gasteiger charge is -2.26. The third-order valence-electron chi connectivity index (χ3n) is 3.74. The van der Waals surface area contributed by atoms with Gasteiger partial charge in [0.05, 0.1) is 11.6 Å². The molecule has 0 bridgehead atoms. The first-order valence-corrected chi connectivity index (χ1v) is 6.81. The van der Waals surface area contributed by atoms with Gasteiger partial charge in [0.25, 0.3) is 5.91 Å². The summed E-state index contributed by atoms with van der Waals surface area (Å²) in [5.74, 6) is -0.132. The molecule has 1 aliphatic rings. The van der Waals surface area contributed by atoms with E-state index < -0.39 is 0 Å². The van der Waals surface area contributed by atoms with Crippen molar-refractivity contribution in [2.24, 2.45) is 0 Å². The van der Waals surface area contributed by atoms with Gasteiger partial charge < -0.3 is 10.5 Å². The van der Waals surface area contributed by atoms with E-state index in [0.717, 1.165) is 19.3 Å². The summed E-state index contributed by atoms with van der Waals surface area (Å²) in [5.41, 5.74) is 3.04. The highest BCUT2D eigenvalue weighted by atomic mass is 16.5. The molecule has 2 aromatic rings. The molecule has 1 unspecified atom stereocenters. The van der Waals surface area contributed by atoms with Crippen molar-refractivity contribution in [1.82, 2.24) is 5.32 Å². The van der Waals surface area contributed by atoms with Crippen molar-refractivity contribution in [2.75, 3.05) is 0 Å². The predicted octanol–water partition coefficient (Wildman–Crippen LogP) is 2.13. The van der Waals surface area contributed by atoms with Crippen LogP contribution in [0.15, 0.2) is 48.8 Å². The van der Waals surface area contributed by atoms with E-state index in [1.807, 2.05) is 12.1 Å². The Morgan fingerprint density at radius 2 is 1.95 bits per heavy atom. The van der Waals surface area contributed by atoms with Crippen molar-refractivity contribution >= 4 is 5.91 Å². The van der Waals surface area contributed by atoms with E-state index in [9.17, 15) is 10.0 Å². The minimum absolute atomic E-state index is 0.0621. The van der Waals surface area contributed by atoms with E-state index in [1.54, 1.807) is 0 Å². The standard InChI is InChI=1S/C16H16N2O2/c19-16(13-8-10-18(20)11-9-13)17-15-7-3-5-12-4-1-2-6-14(12)15/h1-2,4,6,8-11,15H,3,5,7H2,(H,17,19). The molecular weight excluding hydrogens is 252 g/mol. The molecule has 1 heterocycles. The number of benzene rings is 1. The molecule has 1 amide bonds. The number of hydrogen-bond acceptors (Lipinski definition) is 2. The summed E-state index contributed by atoms with van der Waals surface area (Å²) < 4.78 is 0.673. The zero-order valence-electron chi connectivity index (χ0n) is 11.1. The summed E-state index contributed by atoms with van der Waals surface area (Å²) in [6.45, 7) is 0. The number of carbonyl (C=O) groups is 1. The quantitative estimate of drug-likeness (QED) is 0.670. The Balaban J connectivity index is 1.79. The van der Waals surface area contributed by atoms with Gasteiger partial charge in [-0.3, -0.25) is 4.79 Å². The van der Waals surface area contributed by atoms with Gasteiger partial charge in [-0.2, -0.15) is 4.73 Å². The number of amides is 1. The molecule has 1 N–H and O–H groups in total. The maximum absolute atomic E-state index is 12.2. The van der Waals surface area contributed by atoms with Gasteiger partial charge in [0, 0.05) is 12.1 Å². The fraction of sp³-hybridized carbons (Fsp3) is 0.250. The van der Waals surface area contributed by atoms with Gasteiger partial charge in [0.15, 0.2) is 12.4 Å². The molecule has 0 aliphatic heterocycles. The van der Waals surface area contributed by atoms with Gasteiger partial charge >= 0.3 is 0 Å². The molecule has 4 nitrogen and oxygen atoms in total. The largest absolute Gasteiger partial charge is 0.619 e. The summed E-state index contributed by atoms with van der Waals surface area (Å²) >= 11 is 0. The monoisotopic (exact) mass is 268 g/mol. The predicted molar refractivity (Wildman–Crippen MR) is 75.0 cm³/mol. The van der Waals surface area contributed by atoms with Gasteiger partial charge in [-0.05, 0) is 30.4 Å². The van der Waals surface area contributed by atoms with Crippen LogP contribution < -0.4 is 10.0 Å². The Labute approximate surface area is 117 Å². The second kappa shape index (κ2) is 5.33. The van der Waals surface area contributed by atoms with E-state index in [-0.39, 0.29) is 11.9 Å². The van der Waals surface area contributed by atoms with E-state index >= 15 is 0 Å². The third-order valence-corrected chi connectivity index (χ3v) is 3.74. The minimum atomic E-state index is -0.132. The molecule has 4 heteroatoms. The topological polar surface area (TPSA) is 56.0 Å².